The van der Waals surface area contributed by atoms with Gasteiger partial charge in [0.25, 0.3) is 5.91 Å². The molecule has 1 saturated carbocycles. The van der Waals surface area contributed by atoms with Crippen molar-refractivity contribution in [2.45, 2.75) is 63.4 Å². The molecule has 1 amide bonds. The number of carbonyl (C=O) groups excluding carboxylic acids is 1. The van der Waals surface area contributed by atoms with Gasteiger partial charge >= 0.3 is 0 Å². The third-order valence-corrected chi connectivity index (χ3v) is 10.9. The molecule has 9 heteroatoms. The summed E-state index contributed by atoms with van der Waals surface area (Å²) in [6.07, 6.45) is 10.5. The molecule has 1 spiro atoms. The van der Waals surface area contributed by atoms with E-state index in [-0.39, 0.29) is 17.3 Å². The Hall–Kier alpha value is -2.55. The maximum Gasteiger partial charge on any atom is 0.264 e. The monoisotopic (exact) mass is 598 g/mol. The number of hydrogen-bond acceptors (Lipinski definition) is 6. The van der Waals surface area contributed by atoms with Crippen LogP contribution in [0.25, 0.3) is 0 Å². The molecule has 7 nitrogen and oxygen atoms in total. The molecular formula is C32H39ClN2O5S. The first kappa shape index (κ1) is 28.6. The minimum atomic E-state index is -3.76. The van der Waals surface area contributed by atoms with E-state index in [4.69, 9.17) is 21.1 Å². The van der Waals surface area contributed by atoms with Crippen LogP contribution in [0.2, 0.25) is 5.02 Å². The number of nitrogens with zero attached hydrogens (tertiary/aromatic N) is 1. The third kappa shape index (κ3) is 5.88. The van der Waals surface area contributed by atoms with Gasteiger partial charge in [0, 0.05) is 35.7 Å². The number of allylic oxidation sites excluding steroid dienone is 1. The Kier molecular flexibility index (Phi) is 8.09. The van der Waals surface area contributed by atoms with Crippen molar-refractivity contribution in [3.05, 3.63) is 70.3 Å². The number of amides is 1. The van der Waals surface area contributed by atoms with Gasteiger partial charge < -0.3 is 14.4 Å². The molecule has 1 N–H and O–H groups in total. The van der Waals surface area contributed by atoms with Crippen LogP contribution in [-0.2, 0) is 26.6 Å². The number of benzene rings is 2. The van der Waals surface area contributed by atoms with Crippen LogP contribution in [-0.4, -0.2) is 52.5 Å². The van der Waals surface area contributed by atoms with Crippen LogP contribution >= 0.6 is 11.6 Å². The number of halogens is 1. The lowest BCUT2D eigenvalue weighted by Crippen LogP contribution is -2.49. The van der Waals surface area contributed by atoms with Crippen LogP contribution in [0, 0.1) is 11.8 Å². The summed E-state index contributed by atoms with van der Waals surface area (Å²) in [4.78, 5) is 15.5. The maximum absolute atomic E-state index is 13.1. The van der Waals surface area contributed by atoms with Gasteiger partial charge in [-0.3, -0.25) is 4.79 Å². The number of rotatable bonds is 2. The first-order valence-corrected chi connectivity index (χ1v) is 16.9. The first-order chi connectivity index (χ1) is 19.8. The SMILES string of the molecule is CCO[C@@H]1/C=C\CCCS(=O)(=O)NC(=O)c2ccc3c(c2)N(C[C@@H]2CC[C@H]21)C[C@@]1(CCCc2cc(Cl)ccc21)CO3. The second kappa shape index (κ2) is 11.6. The molecule has 0 saturated heterocycles. The van der Waals surface area contributed by atoms with Gasteiger partial charge in [-0.05, 0) is 105 Å². The molecule has 0 aromatic heterocycles. The Bertz CT molecular complexity index is 1440. The number of fused-ring (bicyclic) bond motifs is 4. The minimum absolute atomic E-state index is 0.00325. The molecule has 1 fully saturated rings. The number of carbonyl (C=O) groups is 1. The first-order valence-electron chi connectivity index (χ1n) is 14.9. The lowest BCUT2D eigenvalue weighted by Gasteiger charge is -2.46. The van der Waals surface area contributed by atoms with Crippen LogP contribution in [0.1, 0.15) is 66.9 Å². The van der Waals surface area contributed by atoms with E-state index in [2.05, 4.69) is 27.8 Å². The van der Waals surface area contributed by atoms with Crippen molar-refractivity contribution in [2.75, 3.05) is 37.0 Å². The number of nitrogens with one attached hydrogen (secondary N) is 1. The second-order valence-corrected chi connectivity index (χ2v) is 14.3. The van der Waals surface area contributed by atoms with Crippen LogP contribution in [0.15, 0.2) is 48.6 Å². The third-order valence-electron chi connectivity index (χ3n) is 9.37. The van der Waals surface area contributed by atoms with Gasteiger partial charge in [0.2, 0.25) is 10.0 Å². The van der Waals surface area contributed by atoms with E-state index in [1.54, 1.807) is 6.07 Å². The fourth-order valence-corrected chi connectivity index (χ4v) is 8.42. The normalized spacial score (nSPS) is 30.1. The van der Waals surface area contributed by atoms with E-state index in [1.807, 2.05) is 31.2 Å². The predicted octanol–water partition coefficient (Wildman–Crippen LogP) is 5.65. The quantitative estimate of drug-likeness (QED) is 0.450. The molecule has 6 rings (SSSR count). The summed E-state index contributed by atoms with van der Waals surface area (Å²) in [5, 5.41) is 0.751. The van der Waals surface area contributed by atoms with E-state index in [9.17, 15) is 13.2 Å². The number of ether oxygens (including phenoxy) is 2. The minimum Gasteiger partial charge on any atom is -0.490 e. The highest BCUT2D eigenvalue weighted by Gasteiger charge is 2.44. The van der Waals surface area contributed by atoms with Crippen molar-refractivity contribution < 1.29 is 22.7 Å². The molecule has 0 unspecified atom stereocenters. The molecule has 4 aliphatic rings. The summed E-state index contributed by atoms with van der Waals surface area (Å²) >= 11 is 6.40. The molecular weight excluding hydrogens is 560 g/mol. The molecule has 4 atom stereocenters. The van der Waals surface area contributed by atoms with Crippen molar-refractivity contribution in [2.24, 2.45) is 11.8 Å². The highest BCUT2D eigenvalue weighted by molar-refractivity contribution is 7.90. The van der Waals surface area contributed by atoms with Crippen LogP contribution < -0.4 is 14.4 Å². The number of aryl methyl sites for hydroxylation is 1. The summed E-state index contributed by atoms with van der Waals surface area (Å²) < 4.78 is 40.4. The van der Waals surface area contributed by atoms with E-state index in [0.717, 1.165) is 61.7 Å². The van der Waals surface area contributed by atoms with Crippen molar-refractivity contribution in [3.63, 3.8) is 0 Å². The lowest BCUT2D eigenvalue weighted by atomic mass is 9.68. The Morgan fingerprint density at radius 3 is 2.85 bits per heavy atom. The van der Waals surface area contributed by atoms with Crippen LogP contribution in [0.4, 0.5) is 5.69 Å². The number of hydrogen-bond donors (Lipinski definition) is 1. The summed E-state index contributed by atoms with van der Waals surface area (Å²) in [5.41, 5.74) is 3.51. The predicted molar refractivity (Wildman–Crippen MR) is 161 cm³/mol. The topological polar surface area (TPSA) is 84.9 Å². The lowest BCUT2D eigenvalue weighted by molar-refractivity contribution is -0.00861. The maximum atomic E-state index is 13.1. The molecule has 41 heavy (non-hydrogen) atoms. The Balaban J connectivity index is 1.42. The largest absolute Gasteiger partial charge is 0.490 e. The smallest absolute Gasteiger partial charge is 0.264 e. The van der Waals surface area contributed by atoms with Crippen LogP contribution in [0.5, 0.6) is 5.75 Å². The fourth-order valence-electron chi connectivity index (χ4n) is 7.18. The van der Waals surface area contributed by atoms with Crippen molar-refractivity contribution >= 4 is 33.2 Å². The standard InChI is InChI=1S/C32H39ClN2O5S/c1-2-39-29-8-4-3-5-16-41(37,38)34-31(36)23-10-14-30-28(18-23)35(19-24-9-12-26(24)29)20-32(21-40-30)15-6-7-22-17-25(33)11-13-27(22)32/h4,8,10-11,13-14,17-18,24,26,29H,2-3,5-7,9,12,15-16,19-21H2,1H3,(H,34,36)/b8-4-/t24-,26+,29+,32-/m0/s1. The van der Waals surface area contributed by atoms with E-state index in [1.165, 1.54) is 11.1 Å². The molecule has 2 aromatic carbocycles. The molecule has 2 aromatic rings. The van der Waals surface area contributed by atoms with Gasteiger partial charge in [-0.2, -0.15) is 0 Å². The van der Waals surface area contributed by atoms with Gasteiger partial charge in [0.15, 0.2) is 0 Å². The summed E-state index contributed by atoms with van der Waals surface area (Å²) in [6, 6.07) is 11.5. The van der Waals surface area contributed by atoms with Crippen LogP contribution in [0.3, 0.4) is 0 Å². The van der Waals surface area contributed by atoms with E-state index >= 15 is 0 Å². The number of anilines is 1. The Morgan fingerprint density at radius 2 is 2.05 bits per heavy atom. The zero-order chi connectivity index (χ0) is 28.6. The van der Waals surface area contributed by atoms with Gasteiger partial charge in [-0.15, -0.1) is 0 Å². The summed E-state index contributed by atoms with van der Waals surface area (Å²) in [7, 11) is -3.76. The van der Waals surface area contributed by atoms with Gasteiger partial charge in [0.1, 0.15) is 5.75 Å². The highest BCUT2D eigenvalue weighted by Crippen LogP contribution is 2.47. The van der Waals surface area contributed by atoms with Gasteiger partial charge in [0.05, 0.1) is 24.2 Å². The van der Waals surface area contributed by atoms with Gasteiger partial charge in [-0.1, -0.05) is 29.8 Å². The van der Waals surface area contributed by atoms with Crippen molar-refractivity contribution in [1.29, 1.82) is 0 Å². The average Bonchev–Trinajstić information content (AvgIpc) is 3.07. The molecule has 2 aliphatic carbocycles. The fraction of sp³-hybridized carbons (Fsp3) is 0.531. The molecule has 2 heterocycles. The van der Waals surface area contributed by atoms with Crippen molar-refractivity contribution in [1.82, 2.24) is 4.72 Å². The molecule has 0 radical (unpaired) electrons. The number of sulfonamides is 1. The van der Waals surface area contributed by atoms with E-state index < -0.39 is 15.9 Å². The zero-order valence-electron chi connectivity index (χ0n) is 23.6. The highest BCUT2D eigenvalue weighted by atomic mass is 35.5. The Morgan fingerprint density at radius 1 is 1.17 bits per heavy atom. The van der Waals surface area contributed by atoms with Gasteiger partial charge in [-0.25, -0.2) is 13.1 Å². The zero-order valence-corrected chi connectivity index (χ0v) is 25.2. The van der Waals surface area contributed by atoms with E-state index in [0.29, 0.717) is 43.5 Å². The molecule has 220 valence electrons. The average molecular weight is 599 g/mol. The molecule has 2 aliphatic heterocycles. The summed E-state index contributed by atoms with van der Waals surface area (Å²) in [5.74, 6) is 0.819. The molecule has 2 bridgehead atoms. The summed E-state index contributed by atoms with van der Waals surface area (Å²) in [6.45, 7) is 4.74. The Labute approximate surface area is 248 Å². The second-order valence-electron chi connectivity index (χ2n) is 12.0. The van der Waals surface area contributed by atoms with Crippen molar-refractivity contribution in [3.8, 4) is 5.75 Å².